The fraction of sp³-hybridized carbons (Fsp3) is 0.632. The Morgan fingerprint density at radius 2 is 1.87 bits per heavy atom. The summed E-state index contributed by atoms with van der Waals surface area (Å²) in [5.74, 6) is 0.867. The second kappa shape index (κ2) is 8.46. The van der Waals surface area contributed by atoms with Crippen LogP contribution in [-0.2, 0) is 9.53 Å². The maximum absolute atomic E-state index is 13.0. The van der Waals surface area contributed by atoms with Crippen LogP contribution in [0.15, 0.2) is 24.3 Å². The highest BCUT2D eigenvalue weighted by molar-refractivity contribution is 5.83. The van der Waals surface area contributed by atoms with Gasteiger partial charge in [0.25, 0.3) is 0 Å². The number of amides is 1. The van der Waals surface area contributed by atoms with Gasteiger partial charge < -0.3 is 9.64 Å². The number of nitrogens with zero attached hydrogens (tertiary/aromatic N) is 2. The second-order valence-electron chi connectivity index (χ2n) is 6.83. The zero-order valence-corrected chi connectivity index (χ0v) is 14.9. The van der Waals surface area contributed by atoms with Gasteiger partial charge in [0, 0.05) is 26.8 Å². The molecular weight excluding hydrogens is 288 g/mol. The molecule has 0 spiro atoms. The van der Waals surface area contributed by atoms with Gasteiger partial charge in [0.05, 0.1) is 0 Å². The van der Waals surface area contributed by atoms with Crippen molar-refractivity contribution < 1.29 is 9.53 Å². The van der Waals surface area contributed by atoms with Gasteiger partial charge in [-0.05, 0) is 57.3 Å². The molecule has 1 aliphatic heterocycles. The van der Waals surface area contributed by atoms with E-state index in [2.05, 4.69) is 19.1 Å². The zero-order valence-electron chi connectivity index (χ0n) is 14.9. The third kappa shape index (κ3) is 4.79. The predicted octanol–water partition coefficient (Wildman–Crippen LogP) is 2.87. The van der Waals surface area contributed by atoms with Crippen LogP contribution in [0.1, 0.15) is 36.4 Å². The number of rotatable bonds is 6. The van der Waals surface area contributed by atoms with Crippen molar-refractivity contribution in [1.82, 2.24) is 9.80 Å². The Kier molecular flexibility index (Phi) is 6.60. The standard InChI is InChI=1S/C19H30N2O2/c1-15-7-5-6-8-17(15)18(20(2)3)19(22)21(4)12-9-16-10-13-23-14-11-16/h5-8,16,18H,9-14H2,1-4H3/t18-/m1/s1. The number of ether oxygens (including phenoxy) is 1. The lowest BCUT2D eigenvalue weighted by molar-refractivity contribution is -0.135. The molecule has 0 bridgehead atoms. The molecule has 128 valence electrons. The van der Waals surface area contributed by atoms with Gasteiger partial charge >= 0.3 is 0 Å². The highest BCUT2D eigenvalue weighted by Gasteiger charge is 2.27. The Bertz CT molecular complexity index is 510. The first-order valence-corrected chi connectivity index (χ1v) is 8.55. The van der Waals surface area contributed by atoms with Gasteiger partial charge in [-0.3, -0.25) is 9.69 Å². The van der Waals surface area contributed by atoms with Gasteiger partial charge in [-0.2, -0.15) is 0 Å². The van der Waals surface area contributed by atoms with Crippen LogP contribution >= 0.6 is 0 Å². The molecule has 1 aliphatic rings. The maximum atomic E-state index is 13.0. The number of likely N-dealkylation sites (N-methyl/N-ethyl adjacent to an activating group) is 2. The fourth-order valence-corrected chi connectivity index (χ4v) is 3.26. The molecule has 1 amide bonds. The van der Waals surface area contributed by atoms with Crippen molar-refractivity contribution in [2.45, 2.75) is 32.2 Å². The van der Waals surface area contributed by atoms with E-state index in [1.165, 1.54) is 0 Å². The quantitative estimate of drug-likeness (QED) is 0.808. The van der Waals surface area contributed by atoms with Crippen LogP contribution in [0.5, 0.6) is 0 Å². The van der Waals surface area contributed by atoms with Crippen molar-refractivity contribution >= 4 is 5.91 Å². The predicted molar refractivity (Wildman–Crippen MR) is 93.4 cm³/mol. The van der Waals surface area contributed by atoms with E-state index in [9.17, 15) is 4.79 Å². The van der Waals surface area contributed by atoms with E-state index in [1.54, 1.807) is 0 Å². The van der Waals surface area contributed by atoms with Crippen LogP contribution in [0, 0.1) is 12.8 Å². The second-order valence-corrected chi connectivity index (χ2v) is 6.83. The van der Waals surface area contributed by atoms with Crippen molar-refractivity contribution in [3.05, 3.63) is 35.4 Å². The van der Waals surface area contributed by atoms with Crippen LogP contribution in [0.4, 0.5) is 0 Å². The lowest BCUT2D eigenvalue weighted by Gasteiger charge is -2.31. The monoisotopic (exact) mass is 318 g/mol. The minimum absolute atomic E-state index is 0.177. The molecule has 4 nitrogen and oxygen atoms in total. The van der Waals surface area contributed by atoms with Crippen LogP contribution < -0.4 is 0 Å². The van der Waals surface area contributed by atoms with Gasteiger partial charge in [0.2, 0.25) is 5.91 Å². The highest BCUT2D eigenvalue weighted by atomic mass is 16.5. The molecule has 0 radical (unpaired) electrons. The topological polar surface area (TPSA) is 32.8 Å². The fourth-order valence-electron chi connectivity index (χ4n) is 3.26. The van der Waals surface area contributed by atoms with Crippen molar-refractivity contribution in [1.29, 1.82) is 0 Å². The molecule has 1 saturated heterocycles. The zero-order chi connectivity index (χ0) is 16.8. The summed E-state index contributed by atoms with van der Waals surface area (Å²) in [5.41, 5.74) is 2.26. The molecule has 0 aliphatic carbocycles. The molecule has 4 heteroatoms. The van der Waals surface area contributed by atoms with Crippen LogP contribution in [0.25, 0.3) is 0 Å². The molecule has 1 heterocycles. The summed E-state index contributed by atoms with van der Waals surface area (Å²) >= 11 is 0. The summed E-state index contributed by atoms with van der Waals surface area (Å²) in [6.07, 6.45) is 3.31. The van der Waals surface area contributed by atoms with E-state index >= 15 is 0 Å². The Morgan fingerprint density at radius 3 is 2.48 bits per heavy atom. The molecule has 1 atom stereocenters. The Hall–Kier alpha value is -1.39. The summed E-state index contributed by atoms with van der Waals surface area (Å²) in [6, 6.07) is 7.94. The van der Waals surface area contributed by atoms with E-state index in [4.69, 9.17) is 4.74 Å². The number of carbonyl (C=O) groups is 1. The average Bonchev–Trinajstić information content (AvgIpc) is 2.55. The minimum Gasteiger partial charge on any atom is -0.381 e. The van der Waals surface area contributed by atoms with Crippen LogP contribution in [0.2, 0.25) is 0 Å². The smallest absolute Gasteiger partial charge is 0.244 e. The number of aryl methyl sites for hydroxylation is 1. The first-order valence-electron chi connectivity index (χ1n) is 8.55. The van der Waals surface area contributed by atoms with Gasteiger partial charge in [-0.15, -0.1) is 0 Å². The molecule has 0 unspecified atom stereocenters. The number of carbonyl (C=O) groups excluding carboxylic acids is 1. The van der Waals surface area contributed by atoms with E-state index in [1.807, 2.05) is 43.1 Å². The Labute approximate surface area is 140 Å². The lowest BCUT2D eigenvalue weighted by atomic mass is 9.96. The van der Waals surface area contributed by atoms with E-state index < -0.39 is 0 Å². The van der Waals surface area contributed by atoms with Crippen molar-refractivity contribution in [3.63, 3.8) is 0 Å². The molecular formula is C19H30N2O2. The summed E-state index contributed by atoms with van der Waals surface area (Å²) in [6.45, 7) is 4.62. The normalized spacial score (nSPS) is 17.3. The van der Waals surface area contributed by atoms with E-state index in [0.29, 0.717) is 5.92 Å². The van der Waals surface area contributed by atoms with Crippen LogP contribution in [-0.4, -0.2) is 56.6 Å². The molecule has 0 aromatic heterocycles. The Morgan fingerprint density at radius 1 is 1.22 bits per heavy atom. The largest absolute Gasteiger partial charge is 0.381 e. The van der Waals surface area contributed by atoms with Gasteiger partial charge in [-0.1, -0.05) is 24.3 Å². The van der Waals surface area contributed by atoms with Gasteiger partial charge in [0.15, 0.2) is 0 Å². The number of hydrogen-bond acceptors (Lipinski definition) is 3. The SMILES string of the molecule is Cc1ccccc1[C@H](C(=O)N(C)CCC1CCOCC1)N(C)C. The van der Waals surface area contributed by atoms with Crippen molar-refractivity contribution in [2.75, 3.05) is 40.9 Å². The summed E-state index contributed by atoms with van der Waals surface area (Å²) in [4.78, 5) is 16.9. The molecule has 1 aromatic carbocycles. The van der Waals surface area contributed by atoms with Crippen molar-refractivity contribution in [2.24, 2.45) is 5.92 Å². The molecule has 2 rings (SSSR count). The summed E-state index contributed by atoms with van der Waals surface area (Å²) in [5, 5.41) is 0. The number of hydrogen-bond donors (Lipinski definition) is 0. The van der Waals surface area contributed by atoms with Crippen molar-refractivity contribution in [3.8, 4) is 0 Å². The number of benzene rings is 1. The van der Waals surface area contributed by atoms with Gasteiger partial charge in [-0.25, -0.2) is 0 Å². The lowest BCUT2D eigenvalue weighted by Crippen LogP contribution is -2.39. The first-order chi connectivity index (χ1) is 11.0. The maximum Gasteiger partial charge on any atom is 0.244 e. The highest BCUT2D eigenvalue weighted by Crippen LogP contribution is 2.25. The molecule has 23 heavy (non-hydrogen) atoms. The van der Waals surface area contributed by atoms with E-state index in [0.717, 1.165) is 50.1 Å². The summed E-state index contributed by atoms with van der Waals surface area (Å²) in [7, 11) is 5.87. The molecule has 0 N–H and O–H groups in total. The van der Waals surface area contributed by atoms with E-state index in [-0.39, 0.29) is 11.9 Å². The third-order valence-electron chi connectivity index (χ3n) is 4.82. The first kappa shape index (κ1) is 18.0. The Balaban J connectivity index is 2.01. The van der Waals surface area contributed by atoms with Gasteiger partial charge in [0.1, 0.15) is 6.04 Å². The molecule has 1 fully saturated rings. The molecule has 1 aromatic rings. The minimum atomic E-state index is -0.212. The third-order valence-corrected chi connectivity index (χ3v) is 4.82. The van der Waals surface area contributed by atoms with Crippen LogP contribution in [0.3, 0.4) is 0 Å². The summed E-state index contributed by atoms with van der Waals surface area (Å²) < 4.78 is 5.41. The molecule has 0 saturated carbocycles. The average molecular weight is 318 g/mol.